The predicted octanol–water partition coefficient (Wildman–Crippen LogP) is 3.58. The van der Waals surface area contributed by atoms with Gasteiger partial charge in [0.2, 0.25) is 0 Å². The summed E-state index contributed by atoms with van der Waals surface area (Å²) < 4.78 is 0. The van der Waals surface area contributed by atoms with E-state index in [1.807, 2.05) is 36.4 Å². The molecule has 2 aromatic carbocycles. The van der Waals surface area contributed by atoms with E-state index < -0.39 is 0 Å². The first kappa shape index (κ1) is 12.3. The standard InChI is InChI=1S/C17H16O/c1-2-17(18)13-16-11-7-6-10-15(16)12-14-8-4-3-5-9-14/h2-11H,1,12-13H2. The lowest BCUT2D eigenvalue weighted by atomic mass is 9.97. The Morgan fingerprint density at radius 2 is 1.56 bits per heavy atom. The summed E-state index contributed by atoms with van der Waals surface area (Å²) >= 11 is 0. The number of carbonyl (C=O) groups excluding carboxylic acids is 1. The van der Waals surface area contributed by atoms with Gasteiger partial charge in [-0.15, -0.1) is 0 Å². The van der Waals surface area contributed by atoms with Gasteiger partial charge in [-0.25, -0.2) is 0 Å². The van der Waals surface area contributed by atoms with Gasteiger partial charge in [-0.05, 0) is 29.2 Å². The Morgan fingerprint density at radius 3 is 2.22 bits per heavy atom. The molecule has 2 rings (SSSR count). The minimum Gasteiger partial charge on any atom is -0.295 e. The second-order valence-corrected chi connectivity index (χ2v) is 4.28. The number of ketones is 1. The highest BCUT2D eigenvalue weighted by atomic mass is 16.1. The van der Waals surface area contributed by atoms with Crippen molar-refractivity contribution < 1.29 is 4.79 Å². The number of benzene rings is 2. The summed E-state index contributed by atoms with van der Waals surface area (Å²) in [5.74, 6) is 0.0653. The van der Waals surface area contributed by atoms with Gasteiger partial charge >= 0.3 is 0 Å². The van der Waals surface area contributed by atoms with Crippen molar-refractivity contribution in [2.45, 2.75) is 12.8 Å². The molecule has 0 heterocycles. The van der Waals surface area contributed by atoms with Crippen LogP contribution in [0.4, 0.5) is 0 Å². The number of hydrogen-bond acceptors (Lipinski definition) is 1. The van der Waals surface area contributed by atoms with Crippen LogP contribution in [0.3, 0.4) is 0 Å². The van der Waals surface area contributed by atoms with Crippen molar-refractivity contribution in [1.82, 2.24) is 0 Å². The third kappa shape index (κ3) is 3.17. The third-order valence-electron chi connectivity index (χ3n) is 2.95. The van der Waals surface area contributed by atoms with Gasteiger partial charge in [0.25, 0.3) is 0 Å². The molecular formula is C17H16O. The number of carbonyl (C=O) groups is 1. The zero-order chi connectivity index (χ0) is 12.8. The van der Waals surface area contributed by atoms with Crippen LogP contribution in [0, 0.1) is 0 Å². The van der Waals surface area contributed by atoms with Crippen LogP contribution in [0.15, 0.2) is 67.3 Å². The van der Waals surface area contributed by atoms with Crippen molar-refractivity contribution in [2.24, 2.45) is 0 Å². The molecule has 90 valence electrons. The fraction of sp³-hybridized carbons (Fsp3) is 0.118. The Labute approximate surface area is 108 Å². The van der Waals surface area contributed by atoms with Crippen molar-refractivity contribution in [1.29, 1.82) is 0 Å². The van der Waals surface area contributed by atoms with Crippen LogP contribution in [0.25, 0.3) is 0 Å². The van der Waals surface area contributed by atoms with Gasteiger partial charge < -0.3 is 0 Å². The van der Waals surface area contributed by atoms with E-state index in [0.717, 1.165) is 12.0 Å². The van der Waals surface area contributed by atoms with Crippen molar-refractivity contribution in [3.63, 3.8) is 0 Å². The highest BCUT2D eigenvalue weighted by Crippen LogP contribution is 2.15. The highest BCUT2D eigenvalue weighted by Gasteiger charge is 2.05. The van der Waals surface area contributed by atoms with Gasteiger partial charge in [0, 0.05) is 6.42 Å². The van der Waals surface area contributed by atoms with E-state index in [1.165, 1.54) is 17.2 Å². The van der Waals surface area contributed by atoms with Crippen LogP contribution in [-0.4, -0.2) is 5.78 Å². The first-order chi connectivity index (χ1) is 8.79. The lowest BCUT2D eigenvalue weighted by Gasteiger charge is -2.08. The SMILES string of the molecule is C=CC(=O)Cc1ccccc1Cc1ccccc1. The molecule has 0 N–H and O–H groups in total. The Bertz CT molecular complexity index is 541. The van der Waals surface area contributed by atoms with Gasteiger partial charge in [0.05, 0.1) is 0 Å². The molecule has 0 radical (unpaired) electrons. The summed E-state index contributed by atoms with van der Waals surface area (Å²) in [7, 11) is 0. The van der Waals surface area contributed by atoms with Crippen LogP contribution in [0.5, 0.6) is 0 Å². The minimum atomic E-state index is 0.0653. The van der Waals surface area contributed by atoms with Crippen LogP contribution in [0.1, 0.15) is 16.7 Å². The van der Waals surface area contributed by atoms with E-state index in [4.69, 9.17) is 0 Å². The largest absolute Gasteiger partial charge is 0.295 e. The summed E-state index contributed by atoms with van der Waals surface area (Å²) in [5.41, 5.74) is 3.56. The Kier molecular flexibility index (Phi) is 4.08. The highest BCUT2D eigenvalue weighted by molar-refractivity contribution is 5.91. The van der Waals surface area contributed by atoms with Crippen molar-refractivity contribution in [2.75, 3.05) is 0 Å². The van der Waals surface area contributed by atoms with Crippen molar-refractivity contribution >= 4 is 5.78 Å². The molecule has 0 saturated heterocycles. The van der Waals surface area contributed by atoms with E-state index in [0.29, 0.717) is 6.42 Å². The molecule has 0 amide bonds. The topological polar surface area (TPSA) is 17.1 Å². The lowest BCUT2D eigenvalue weighted by Crippen LogP contribution is -2.02. The monoisotopic (exact) mass is 236 g/mol. The van der Waals surface area contributed by atoms with Crippen molar-refractivity contribution in [3.05, 3.63) is 83.9 Å². The molecule has 1 nitrogen and oxygen atoms in total. The van der Waals surface area contributed by atoms with Crippen LogP contribution in [-0.2, 0) is 17.6 Å². The van der Waals surface area contributed by atoms with Gasteiger partial charge in [0.15, 0.2) is 5.78 Å². The van der Waals surface area contributed by atoms with E-state index in [-0.39, 0.29) is 5.78 Å². The van der Waals surface area contributed by atoms with E-state index >= 15 is 0 Å². The van der Waals surface area contributed by atoms with E-state index in [2.05, 4.69) is 24.8 Å². The number of hydrogen-bond donors (Lipinski definition) is 0. The second-order valence-electron chi connectivity index (χ2n) is 4.28. The van der Waals surface area contributed by atoms with Crippen LogP contribution < -0.4 is 0 Å². The molecule has 2 aromatic rings. The smallest absolute Gasteiger partial charge is 0.159 e. The summed E-state index contributed by atoms with van der Waals surface area (Å²) in [6, 6.07) is 18.4. The number of allylic oxidation sites excluding steroid dienone is 1. The molecule has 0 aliphatic rings. The Hall–Kier alpha value is -2.15. The summed E-state index contributed by atoms with van der Waals surface area (Å²) in [6.45, 7) is 3.52. The molecule has 0 fully saturated rings. The quantitative estimate of drug-likeness (QED) is 0.725. The molecule has 0 saturated carbocycles. The van der Waals surface area contributed by atoms with Gasteiger partial charge in [0.1, 0.15) is 0 Å². The van der Waals surface area contributed by atoms with E-state index in [9.17, 15) is 4.79 Å². The molecule has 0 aliphatic heterocycles. The molecule has 0 spiro atoms. The first-order valence-electron chi connectivity index (χ1n) is 6.05. The van der Waals surface area contributed by atoms with Crippen LogP contribution in [0.2, 0.25) is 0 Å². The normalized spacial score (nSPS) is 10.0. The molecule has 0 unspecified atom stereocenters. The fourth-order valence-electron chi connectivity index (χ4n) is 1.98. The van der Waals surface area contributed by atoms with E-state index in [1.54, 1.807) is 0 Å². The first-order valence-corrected chi connectivity index (χ1v) is 6.05. The zero-order valence-electron chi connectivity index (χ0n) is 10.3. The maximum atomic E-state index is 11.5. The van der Waals surface area contributed by atoms with Gasteiger partial charge in [-0.2, -0.15) is 0 Å². The van der Waals surface area contributed by atoms with Crippen LogP contribution >= 0.6 is 0 Å². The maximum absolute atomic E-state index is 11.5. The summed E-state index contributed by atoms with van der Waals surface area (Å²) in [5, 5.41) is 0. The summed E-state index contributed by atoms with van der Waals surface area (Å²) in [6.07, 6.45) is 2.69. The molecular weight excluding hydrogens is 220 g/mol. The predicted molar refractivity (Wildman–Crippen MR) is 74.6 cm³/mol. The minimum absolute atomic E-state index is 0.0653. The Balaban J connectivity index is 2.22. The average molecular weight is 236 g/mol. The molecule has 0 aliphatic carbocycles. The zero-order valence-corrected chi connectivity index (χ0v) is 10.3. The third-order valence-corrected chi connectivity index (χ3v) is 2.95. The second kappa shape index (κ2) is 5.97. The molecule has 0 bridgehead atoms. The molecule has 1 heteroatoms. The molecule has 18 heavy (non-hydrogen) atoms. The average Bonchev–Trinajstić information content (AvgIpc) is 2.42. The van der Waals surface area contributed by atoms with Crippen molar-refractivity contribution in [3.8, 4) is 0 Å². The molecule has 0 aromatic heterocycles. The van der Waals surface area contributed by atoms with Gasteiger partial charge in [-0.1, -0.05) is 61.2 Å². The van der Waals surface area contributed by atoms with Gasteiger partial charge in [-0.3, -0.25) is 4.79 Å². The Morgan fingerprint density at radius 1 is 0.944 bits per heavy atom. The lowest BCUT2D eigenvalue weighted by molar-refractivity contribution is -0.114. The molecule has 0 atom stereocenters. The summed E-state index contributed by atoms with van der Waals surface area (Å²) in [4.78, 5) is 11.5. The fourth-order valence-corrected chi connectivity index (χ4v) is 1.98. The maximum Gasteiger partial charge on any atom is 0.159 e. The number of rotatable bonds is 5.